The number of carbonyl (C=O) groups is 2. The minimum absolute atomic E-state index is 0.000548. The van der Waals surface area contributed by atoms with Crippen molar-refractivity contribution in [3.8, 4) is 0 Å². The van der Waals surface area contributed by atoms with Gasteiger partial charge in [0.05, 0.1) is 0 Å². The monoisotopic (exact) mass is 338 g/mol. The Morgan fingerprint density at radius 1 is 1.17 bits per heavy atom. The summed E-state index contributed by atoms with van der Waals surface area (Å²) in [5.41, 5.74) is 0.965. The van der Waals surface area contributed by atoms with E-state index in [1.54, 1.807) is 24.0 Å². The Balaban J connectivity index is 2.80. The smallest absolute Gasteiger partial charge is 0.242 e. The number of halogens is 1. The van der Waals surface area contributed by atoms with Gasteiger partial charge in [0, 0.05) is 24.5 Å². The normalized spacial score (nSPS) is 11.8. The first kappa shape index (κ1) is 19.5. The second-order valence-electron chi connectivity index (χ2n) is 5.72. The van der Waals surface area contributed by atoms with Gasteiger partial charge in [-0.15, -0.1) is 0 Å². The van der Waals surface area contributed by atoms with Crippen LogP contribution in [0.15, 0.2) is 24.3 Å². The van der Waals surface area contributed by atoms with Gasteiger partial charge in [-0.2, -0.15) is 0 Å². The van der Waals surface area contributed by atoms with Gasteiger partial charge in [-0.25, -0.2) is 0 Å². The largest absolute Gasteiger partial charge is 0.354 e. The molecule has 1 N–H and O–H groups in total. The van der Waals surface area contributed by atoms with E-state index >= 15 is 0 Å². The van der Waals surface area contributed by atoms with Crippen LogP contribution in [0.2, 0.25) is 5.02 Å². The number of nitrogens with zero attached hydrogens (tertiary/aromatic N) is 1. The van der Waals surface area contributed by atoms with Crippen molar-refractivity contribution in [2.24, 2.45) is 0 Å². The standard InChI is InChI=1S/C18H27ClN2O2/c1-4-6-12-20-18(23)14(3)21(17(22)7-5-2)13-15-8-10-16(19)11-9-15/h8-11,14H,4-7,12-13H2,1-3H3,(H,20,23)/t14-/m0/s1. The molecule has 2 amide bonds. The number of amides is 2. The maximum atomic E-state index is 12.4. The lowest BCUT2D eigenvalue weighted by Crippen LogP contribution is -2.47. The summed E-state index contributed by atoms with van der Waals surface area (Å²) >= 11 is 5.90. The van der Waals surface area contributed by atoms with Crippen LogP contribution in [-0.2, 0) is 16.1 Å². The van der Waals surface area contributed by atoms with E-state index in [9.17, 15) is 9.59 Å². The Labute approximate surface area is 144 Å². The number of hydrogen-bond donors (Lipinski definition) is 1. The van der Waals surface area contributed by atoms with Crippen LogP contribution < -0.4 is 5.32 Å². The molecule has 0 aromatic heterocycles. The zero-order valence-corrected chi connectivity index (χ0v) is 15.0. The second kappa shape index (κ2) is 10.3. The van der Waals surface area contributed by atoms with Gasteiger partial charge in [-0.05, 0) is 37.5 Å². The van der Waals surface area contributed by atoms with Crippen LogP contribution in [0.3, 0.4) is 0 Å². The Morgan fingerprint density at radius 2 is 1.83 bits per heavy atom. The molecule has 1 atom stereocenters. The van der Waals surface area contributed by atoms with E-state index in [4.69, 9.17) is 11.6 Å². The molecule has 0 aliphatic heterocycles. The number of benzene rings is 1. The number of nitrogens with one attached hydrogen (secondary N) is 1. The summed E-state index contributed by atoms with van der Waals surface area (Å²) in [5, 5.41) is 3.56. The predicted molar refractivity (Wildman–Crippen MR) is 94.3 cm³/mol. The Morgan fingerprint density at radius 3 is 2.39 bits per heavy atom. The Bertz CT molecular complexity index is 502. The number of unbranched alkanes of at least 4 members (excludes halogenated alkanes) is 1. The molecule has 0 aliphatic rings. The van der Waals surface area contributed by atoms with Crippen LogP contribution in [0, 0.1) is 0 Å². The highest BCUT2D eigenvalue weighted by Gasteiger charge is 2.25. The van der Waals surface area contributed by atoms with Crippen molar-refractivity contribution in [3.63, 3.8) is 0 Å². The fourth-order valence-electron chi connectivity index (χ4n) is 2.26. The molecule has 5 heteroatoms. The number of hydrogen-bond acceptors (Lipinski definition) is 2. The van der Waals surface area contributed by atoms with Crippen molar-refractivity contribution in [2.45, 2.75) is 59.0 Å². The average molecular weight is 339 g/mol. The first-order valence-electron chi connectivity index (χ1n) is 8.31. The number of carbonyl (C=O) groups excluding carboxylic acids is 2. The maximum absolute atomic E-state index is 12.4. The minimum Gasteiger partial charge on any atom is -0.354 e. The molecule has 128 valence electrons. The molecule has 0 spiro atoms. The van der Waals surface area contributed by atoms with E-state index in [-0.39, 0.29) is 11.8 Å². The molecule has 0 fully saturated rings. The minimum atomic E-state index is -0.485. The first-order valence-corrected chi connectivity index (χ1v) is 8.69. The summed E-state index contributed by atoms with van der Waals surface area (Å²) < 4.78 is 0. The average Bonchev–Trinajstić information content (AvgIpc) is 2.54. The van der Waals surface area contributed by atoms with Crippen molar-refractivity contribution in [1.82, 2.24) is 10.2 Å². The fourth-order valence-corrected chi connectivity index (χ4v) is 2.39. The summed E-state index contributed by atoms with van der Waals surface area (Å²) in [7, 11) is 0. The summed E-state index contributed by atoms with van der Waals surface area (Å²) in [6.45, 7) is 6.89. The van der Waals surface area contributed by atoms with Crippen LogP contribution >= 0.6 is 11.6 Å². The molecular weight excluding hydrogens is 312 g/mol. The molecule has 0 heterocycles. The molecule has 0 saturated carbocycles. The zero-order valence-electron chi connectivity index (χ0n) is 14.3. The lowest BCUT2D eigenvalue weighted by Gasteiger charge is -2.28. The van der Waals surface area contributed by atoms with Gasteiger partial charge >= 0.3 is 0 Å². The van der Waals surface area contributed by atoms with Crippen LogP contribution in [0.1, 0.15) is 52.0 Å². The highest BCUT2D eigenvalue weighted by atomic mass is 35.5. The third kappa shape index (κ3) is 6.61. The van der Waals surface area contributed by atoms with E-state index in [1.165, 1.54) is 0 Å². The SMILES string of the molecule is CCCCNC(=O)[C@H](C)N(Cc1ccc(Cl)cc1)C(=O)CCC. The quantitative estimate of drug-likeness (QED) is 0.697. The van der Waals surface area contributed by atoms with E-state index < -0.39 is 6.04 Å². The van der Waals surface area contributed by atoms with Crippen molar-refractivity contribution in [2.75, 3.05) is 6.54 Å². The van der Waals surface area contributed by atoms with Gasteiger partial charge in [0.2, 0.25) is 11.8 Å². The molecular formula is C18H27ClN2O2. The van der Waals surface area contributed by atoms with E-state index in [2.05, 4.69) is 12.2 Å². The summed E-state index contributed by atoms with van der Waals surface area (Å²) in [5.74, 6) is -0.0996. The van der Waals surface area contributed by atoms with E-state index in [1.807, 2.05) is 19.1 Å². The lowest BCUT2D eigenvalue weighted by molar-refractivity contribution is -0.140. The van der Waals surface area contributed by atoms with Crippen LogP contribution in [0.25, 0.3) is 0 Å². The summed E-state index contributed by atoms with van der Waals surface area (Å²) in [4.78, 5) is 26.3. The molecule has 1 rings (SSSR count). The zero-order chi connectivity index (χ0) is 17.2. The van der Waals surface area contributed by atoms with Gasteiger partial charge in [-0.1, -0.05) is 44.0 Å². The molecule has 0 unspecified atom stereocenters. The molecule has 1 aromatic carbocycles. The van der Waals surface area contributed by atoms with Gasteiger partial charge in [0.1, 0.15) is 6.04 Å². The van der Waals surface area contributed by atoms with Gasteiger partial charge in [0.15, 0.2) is 0 Å². The highest BCUT2D eigenvalue weighted by Crippen LogP contribution is 2.14. The molecule has 23 heavy (non-hydrogen) atoms. The van der Waals surface area contributed by atoms with Crippen LogP contribution in [0.4, 0.5) is 0 Å². The first-order chi connectivity index (χ1) is 11.0. The van der Waals surface area contributed by atoms with Gasteiger partial charge in [0.25, 0.3) is 0 Å². The second-order valence-corrected chi connectivity index (χ2v) is 6.16. The van der Waals surface area contributed by atoms with Crippen LogP contribution in [-0.4, -0.2) is 29.3 Å². The van der Waals surface area contributed by atoms with E-state index in [0.717, 1.165) is 24.8 Å². The Hall–Kier alpha value is -1.55. The van der Waals surface area contributed by atoms with Gasteiger partial charge < -0.3 is 10.2 Å². The van der Waals surface area contributed by atoms with Gasteiger partial charge in [-0.3, -0.25) is 9.59 Å². The predicted octanol–water partition coefficient (Wildman–Crippen LogP) is 3.77. The Kier molecular flexibility index (Phi) is 8.70. The van der Waals surface area contributed by atoms with Crippen LogP contribution in [0.5, 0.6) is 0 Å². The van der Waals surface area contributed by atoms with Crippen molar-refractivity contribution in [3.05, 3.63) is 34.9 Å². The molecule has 0 saturated heterocycles. The number of rotatable bonds is 9. The lowest BCUT2D eigenvalue weighted by atomic mass is 10.1. The molecule has 1 aromatic rings. The molecule has 0 radical (unpaired) electrons. The molecule has 0 aliphatic carbocycles. The van der Waals surface area contributed by atoms with Crippen molar-refractivity contribution < 1.29 is 9.59 Å². The summed E-state index contributed by atoms with van der Waals surface area (Å²) in [6.07, 6.45) is 3.18. The third-order valence-corrected chi connectivity index (χ3v) is 3.98. The summed E-state index contributed by atoms with van der Waals surface area (Å²) in [6, 6.07) is 6.88. The van der Waals surface area contributed by atoms with E-state index in [0.29, 0.717) is 24.5 Å². The topological polar surface area (TPSA) is 49.4 Å². The highest BCUT2D eigenvalue weighted by molar-refractivity contribution is 6.30. The molecule has 0 bridgehead atoms. The fraction of sp³-hybridized carbons (Fsp3) is 0.556. The molecule has 4 nitrogen and oxygen atoms in total. The maximum Gasteiger partial charge on any atom is 0.242 e. The van der Waals surface area contributed by atoms with Crippen molar-refractivity contribution >= 4 is 23.4 Å². The van der Waals surface area contributed by atoms with Crippen molar-refractivity contribution in [1.29, 1.82) is 0 Å². The third-order valence-electron chi connectivity index (χ3n) is 3.73.